The fourth-order valence-corrected chi connectivity index (χ4v) is 3.10. The van der Waals surface area contributed by atoms with Gasteiger partial charge in [0, 0.05) is 36.8 Å². The highest BCUT2D eigenvalue weighted by atomic mass is 16.6. The van der Waals surface area contributed by atoms with Gasteiger partial charge >= 0.3 is 5.97 Å². The molecule has 1 aromatic rings. The molecule has 2 N–H and O–H groups in total. The number of rotatable bonds is 19. The number of nitrogens with zero attached hydrogens (tertiary/aromatic N) is 3. The summed E-state index contributed by atoms with van der Waals surface area (Å²) >= 11 is 0. The van der Waals surface area contributed by atoms with Crippen molar-refractivity contribution in [2.24, 2.45) is 10.4 Å². The molecule has 1 saturated carbocycles. The molecule has 1 aromatic carbocycles. The molecule has 37 heavy (non-hydrogen) atoms. The van der Waals surface area contributed by atoms with E-state index in [0.717, 1.165) is 0 Å². The van der Waals surface area contributed by atoms with Crippen molar-refractivity contribution in [3.8, 4) is 0 Å². The molecule has 1 aliphatic rings. The van der Waals surface area contributed by atoms with Crippen LogP contribution in [0, 0.1) is 10.1 Å². The van der Waals surface area contributed by atoms with Crippen LogP contribution >= 0.6 is 0 Å². The summed E-state index contributed by atoms with van der Waals surface area (Å²) in [5.74, 6) is -1.37. The van der Waals surface area contributed by atoms with Crippen LogP contribution in [0.1, 0.15) is 19.3 Å². The second kappa shape index (κ2) is 17.0. The van der Waals surface area contributed by atoms with Crippen LogP contribution in [0.5, 0.6) is 0 Å². The number of nitro groups is 1. The molecule has 0 bridgehead atoms. The number of benzene rings is 1. The Bertz CT molecular complexity index is 925. The summed E-state index contributed by atoms with van der Waals surface area (Å²) in [6.45, 7) is 2.81. The van der Waals surface area contributed by atoms with Crippen LogP contribution in [-0.2, 0) is 38.1 Å². The SMILES string of the molecule is O=C(CCOCCOCCOCCOCCNc1ccc([N+](=O)[O-])cc1/N=N/O)OC1C(=O)CCC1=O. The normalized spacial score (nSPS) is 13.9. The predicted molar refractivity (Wildman–Crippen MR) is 125 cm³/mol. The van der Waals surface area contributed by atoms with E-state index in [1.54, 1.807) is 0 Å². The highest BCUT2D eigenvalue weighted by Crippen LogP contribution is 2.29. The van der Waals surface area contributed by atoms with Crippen molar-refractivity contribution in [2.45, 2.75) is 25.4 Å². The third kappa shape index (κ3) is 11.4. The zero-order valence-electron chi connectivity index (χ0n) is 20.2. The van der Waals surface area contributed by atoms with Gasteiger partial charge in [-0.1, -0.05) is 0 Å². The Morgan fingerprint density at radius 2 is 1.54 bits per heavy atom. The first-order valence-electron chi connectivity index (χ1n) is 11.6. The lowest BCUT2D eigenvalue weighted by Gasteiger charge is -2.10. The fourth-order valence-electron chi connectivity index (χ4n) is 3.10. The molecule has 0 spiro atoms. The predicted octanol–water partition coefficient (Wildman–Crippen LogP) is 1.78. The first-order valence-corrected chi connectivity index (χ1v) is 11.6. The Morgan fingerprint density at radius 1 is 0.973 bits per heavy atom. The van der Waals surface area contributed by atoms with E-state index in [2.05, 4.69) is 15.7 Å². The summed E-state index contributed by atoms with van der Waals surface area (Å²) < 4.78 is 26.3. The van der Waals surface area contributed by atoms with E-state index >= 15 is 0 Å². The lowest BCUT2D eigenvalue weighted by atomic mass is 10.2. The molecule has 1 fully saturated rings. The number of esters is 1. The molecule has 15 nitrogen and oxygen atoms in total. The standard InChI is InChI=1S/C22H30N4O11/c27-19-3-4-20(28)22(19)37-21(29)5-7-33-9-11-35-13-14-36-12-10-34-8-6-23-17-2-1-16(26(31)32)15-18(17)24-25-30/h1-2,15,22-23H,3-14H2,(H,24,30). The van der Waals surface area contributed by atoms with Gasteiger partial charge in [-0.2, -0.15) is 0 Å². The Kier molecular flexibility index (Phi) is 13.7. The molecule has 0 heterocycles. The molecule has 204 valence electrons. The number of non-ortho nitro benzene ring substituents is 1. The van der Waals surface area contributed by atoms with Crippen LogP contribution in [0.2, 0.25) is 0 Å². The third-order valence-corrected chi connectivity index (χ3v) is 4.92. The highest BCUT2D eigenvalue weighted by molar-refractivity contribution is 6.12. The largest absolute Gasteiger partial charge is 0.446 e. The number of ketones is 2. The lowest BCUT2D eigenvalue weighted by Crippen LogP contribution is -2.28. The number of ether oxygens (including phenoxy) is 5. The zero-order chi connectivity index (χ0) is 26.9. The molecule has 0 amide bonds. The molecule has 2 rings (SSSR count). The minimum Gasteiger partial charge on any atom is -0.446 e. The minimum atomic E-state index is -1.25. The van der Waals surface area contributed by atoms with Crippen molar-refractivity contribution in [1.82, 2.24) is 0 Å². The maximum absolute atomic E-state index is 11.6. The summed E-state index contributed by atoms with van der Waals surface area (Å²) in [5, 5.41) is 28.6. The molecule has 0 unspecified atom stereocenters. The van der Waals surface area contributed by atoms with Crippen molar-refractivity contribution in [2.75, 3.05) is 64.7 Å². The monoisotopic (exact) mass is 526 g/mol. The summed E-state index contributed by atoms with van der Waals surface area (Å²) in [7, 11) is 0. The summed E-state index contributed by atoms with van der Waals surface area (Å²) in [5.41, 5.74) is 0.414. The number of nitro benzene ring substituents is 1. The Balaban J connectivity index is 1.39. The van der Waals surface area contributed by atoms with E-state index in [0.29, 0.717) is 51.9 Å². The second-order valence-corrected chi connectivity index (χ2v) is 7.58. The molecule has 0 aromatic heterocycles. The highest BCUT2D eigenvalue weighted by Gasteiger charge is 2.35. The maximum atomic E-state index is 11.6. The van der Waals surface area contributed by atoms with Gasteiger partial charge in [-0.15, -0.1) is 5.11 Å². The molecular weight excluding hydrogens is 496 g/mol. The van der Waals surface area contributed by atoms with Crippen molar-refractivity contribution in [1.29, 1.82) is 0 Å². The number of nitrogens with one attached hydrogen (secondary N) is 1. The first kappa shape index (κ1) is 29.7. The zero-order valence-corrected chi connectivity index (χ0v) is 20.2. The van der Waals surface area contributed by atoms with Gasteiger partial charge < -0.3 is 34.2 Å². The topological polar surface area (TPSA) is 197 Å². The van der Waals surface area contributed by atoms with E-state index in [-0.39, 0.29) is 55.4 Å². The quantitative estimate of drug-likeness (QED) is 0.0662. The van der Waals surface area contributed by atoms with Gasteiger partial charge in [0.2, 0.25) is 6.10 Å². The van der Waals surface area contributed by atoms with Gasteiger partial charge in [-0.05, 0) is 6.07 Å². The Morgan fingerprint density at radius 3 is 2.11 bits per heavy atom. The van der Waals surface area contributed by atoms with E-state index in [4.69, 9.17) is 28.9 Å². The number of Topliss-reactive ketones (excluding diaryl/α,β-unsaturated/α-hetero) is 2. The van der Waals surface area contributed by atoms with Gasteiger partial charge in [0.1, 0.15) is 5.69 Å². The first-order chi connectivity index (χ1) is 17.9. The Hall–Kier alpha value is -3.53. The smallest absolute Gasteiger partial charge is 0.309 e. The van der Waals surface area contributed by atoms with E-state index < -0.39 is 17.0 Å². The molecule has 1 aliphatic carbocycles. The van der Waals surface area contributed by atoms with Crippen LogP contribution in [0.25, 0.3) is 0 Å². The molecule has 15 heteroatoms. The molecule has 0 saturated heterocycles. The van der Waals surface area contributed by atoms with Gasteiger partial charge in [0.05, 0.1) is 69.9 Å². The average molecular weight is 526 g/mol. The van der Waals surface area contributed by atoms with Crippen molar-refractivity contribution in [3.63, 3.8) is 0 Å². The number of hydrogen-bond acceptors (Lipinski definition) is 13. The maximum Gasteiger partial charge on any atom is 0.309 e. The summed E-state index contributed by atoms with van der Waals surface area (Å²) in [6, 6.07) is 3.96. The van der Waals surface area contributed by atoms with E-state index in [1.165, 1.54) is 18.2 Å². The van der Waals surface area contributed by atoms with Gasteiger partial charge in [0.25, 0.3) is 5.69 Å². The van der Waals surface area contributed by atoms with Crippen LogP contribution < -0.4 is 5.32 Å². The van der Waals surface area contributed by atoms with Gasteiger partial charge in [-0.25, -0.2) is 0 Å². The summed E-state index contributed by atoms with van der Waals surface area (Å²) in [4.78, 5) is 44.7. The van der Waals surface area contributed by atoms with Gasteiger partial charge in [-0.3, -0.25) is 24.5 Å². The van der Waals surface area contributed by atoms with Crippen LogP contribution in [-0.4, -0.2) is 93.2 Å². The van der Waals surface area contributed by atoms with Crippen LogP contribution in [0.4, 0.5) is 17.1 Å². The number of carbonyl (C=O) groups excluding carboxylic acids is 3. The fraction of sp³-hybridized carbons (Fsp3) is 0.591. The average Bonchev–Trinajstić information content (AvgIpc) is 3.19. The number of anilines is 1. The second-order valence-electron chi connectivity index (χ2n) is 7.58. The lowest BCUT2D eigenvalue weighted by molar-refractivity contribution is -0.384. The molecular formula is C22H30N4O11. The van der Waals surface area contributed by atoms with E-state index in [1.807, 2.05) is 0 Å². The van der Waals surface area contributed by atoms with Crippen molar-refractivity contribution in [3.05, 3.63) is 28.3 Å². The number of hydrogen-bond donors (Lipinski definition) is 2. The molecule has 0 radical (unpaired) electrons. The van der Waals surface area contributed by atoms with Crippen LogP contribution in [0.3, 0.4) is 0 Å². The van der Waals surface area contributed by atoms with Crippen LogP contribution in [0.15, 0.2) is 28.6 Å². The Labute approximate surface area is 212 Å². The number of carbonyl (C=O) groups is 3. The van der Waals surface area contributed by atoms with Gasteiger partial charge in [0.15, 0.2) is 11.6 Å². The minimum absolute atomic E-state index is 0.0570. The molecule has 0 aliphatic heterocycles. The van der Waals surface area contributed by atoms with E-state index in [9.17, 15) is 24.5 Å². The van der Waals surface area contributed by atoms with Crippen molar-refractivity contribution >= 4 is 34.6 Å². The third-order valence-electron chi connectivity index (χ3n) is 4.92. The molecule has 0 atom stereocenters. The summed E-state index contributed by atoms with van der Waals surface area (Å²) in [6.07, 6.45) is -1.07. The van der Waals surface area contributed by atoms with Crippen molar-refractivity contribution < 1.29 is 48.2 Å².